The lowest BCUT2D eigenvalue weighted by atomic mass is 10.00. The molecule has 27 heavy (non-hydrogen) atoms. The summed E-state index contributed by atoms with van der Waals surface area (Å²) >= 11 is 0. The van der Waals surface area contributed by atoms with E-state index in [0.29, 0.717) is 22.7 Å². The van der Waals surface area contributed by atoms with Gasteiger partial charge in [-0.2, -0.15) is 0 Å². The van der Waals surface area contributed by atoms with E-state index in [-0.39, 0.29) is 11.6 Å². The van der Waals surface area contributed by atoms with Gasteiger partial charge in [-0.3, -0.25) is 14.3 Å². The van der Waals surface area contributed by atoms with Crippen molar-refractivity contribution in [2.24, 2.45) is 0 Å². The van der Waals surface area contributed by atoms with Crippen molar-refractivity contribution in [3.63, 3.8) is 0 Å². The van der Waals surface area contributed by atoms with Crippen molar-refractivity contribution in [1.82, 2.24) is 14.5 Å². The maximum Gasteiger partial charge on any atom is 0.261 e. The van der Waals surface area contributed by atoms with Gasteiger partial charge < -0.3 is 4.74 Å². The quantitative estimate of drug-likeness (QED) is 0.707. The van der Waals surface area contributed by atoms with E-state index < -0.39 is 0 Å². The van der Waals surface area contributed by atoms with Crippen LogP contribution in [0.15, 0.2) is 59.7 Å². The fourth-order valence-electron chi connectivity index (χ4n) is 4.00. The molecule has 0 N–H and O–H groups in total. The van der Waals surface area contributed by atoms with Crippen LogP contribution in [0.3, 0.4) is 0 Å². The third kappa shape index (κ3) is 3.47. The Morgan fingerprint density at radius 2 is 1.85 bits per heavy atom. The van der Waals surface area contributed by atoms with Gasteiger partial charge in [0.2, 0.25) is 0 Å². The topological polar surface area (TPSA) is 47.4 Å². The number of ether oxygens (including phenoxy) is 1. The fourth-order valence-corrected chi connectivity index (χ4v) is 4.00. The maximum absolute atomic E-state index is 13.0. The van der Waals surface area contributed by atoms with Crippen LogP contribution in [0.25, 0.3) is 10.9 Å². The normalized spacial score (nSPS) is 17.1. The van der Waals surface area contributed by atoms with Gasteiger partial charge in [-0.25, -0.2) is 4.98 Å². The van der Waals surface area contributed by atoms with E-state index in [9.17, 15) is 4.79 Å². The number of piperidine rings is 1. The predicted octanol–water partition coefficient (Wildman–Crippen LogP) is 3.80. The average molecular weight is 363 g/mol. The molecule has 0 saturated carbocycles. The van der Waals surface area contributed by atoms with E-state index >= 15 is 0 Å². The molecule has 2 aromatic carbocycles. The van der Waals surface area contributed by atoms with Gasteiger partial charge in [-0.05, 0) is 43.5 Å². The highest BCUT2D eigenvalue weighted by atomic mass is 16.5. The second-order valence-corrected chi connectivity index (χ2v) is 7.19. The van der Waals surface area contributed by atoms with E-state index in [0.717, 1.165) is 25.9 Å². The zero-order chi connectivity index (χ0) is 18.8. The number of nitrogens with zero attached hydrogens (tertiary/aromatic N) is 3. The second kappa shape index (κ2) is 7.53. The second-order valence-electron chi connectivity index (χ2n) is 7.19. The summed E-state index contributed by atoms with van der Waals surface area (Å²) in [7, 11) is 1.61. The predicted molar refractivity (Wildman–Crippen MR) is 107 cm³/mol. The van der Waals surface area contributed by atoms with Gasteiger partial charge in [0, 0.05) is 25.2 Å². The van der Waals surface area contributed by atoms with Crippen molar-refractivity contribution in [2.45, 2.75) is 31.8 Å². The lowest BCUT2D eigenvalue weighted by molar-refractivity contribution is 0.142. The van der Waals surface area contributed by atoms with Gasteiger partial charge in [-0.1, -0.05) is 30.3 Å². The molecule has 4 rings (SSSR count). The molecule has 0 bridgehead atoms. The highest BCUT2D eigenvalue weighted by Gasteiger charge is 2.25. The number of likely N-dealkylation sites (tertiary alicyclic amines) is 1. The number of benzene rings is 2. The first kappa shape index (κ1) is 17.7. The number of fused-ring (bicyclic) bond motifs is 1. The molecule has 1 fully saturated rings. The first-order valence-electron chi connectivity index (χ1n) is 9.51. The molecule has 0 aliphatic carbocycles. The van der Waals surface area contributed by atoms with Crippen LogP contribution in [-0.2, 0) is 0 Å². The van der Waals surface area contributed by atoms with E-state index in [1.54, 1.807) is 19.5 Å². The van der Waals surface area contributed by atoms with Crippen LogP contribution in [0.2, 0.25) is 0 Å². The van der Waals surface area contributed by atoms with Crippen LogP contribution in [-0.4, -0.2) is 34.7 Å². The standard InChI is InChI=1S/C22H25N3O2/c1-16(17-6-4-3-5-7-17)24-12-10-18(11-13-24)25-15-23-21-9-8-19(27-2)14-20(21)22(25)26/h3-9,14-16,18H,10-13H2,1-2H3. The molecular formula is C22H25N3O2. The third-order valence-electron chi connectivity index (χ3n) is 5.71. The van der Waals surface area contributed by atoms with Crippen LogP contribution in [0.1, 0.15) is 37.4 Å². The van der Waals surface area contributed by atoms with Crippen molar-refractivity contribution < 1.29 is 4.74 Å². The van der Waals surface area contributed by atoms with E-state index in [4.69, 9.17) is 4.74 Å². The molecule has 1 unspecified atom stereocenters. The average Bonchev–Trinajstić information content (AvgIpc) is 2.74. The Bertz CT molecular complexity index is 976. The van der Waals surface area contributed by atoms with Crippen molar-refractivity contribution in [3.8, 4) is 5.75 Å². The van der Waals surface area contributed by atoms with Crippen molar-refractivity contribution >= 4 is 10.9 Å². The van der Waals surface area contributed by atoms with Crippen LogP contribution >= 0.6 is 0 Å². The SMILES string of the molecule is COc1ccc2ncn(C3CCN(C(C)c4ccccc4)CC3)c(=O)c2c1. The first-order valence-corrected chi connectivity index (χ1v) is 9.51. The summed E-state index contributed by atoms with van der Waals surface area (Å²) < 4.78 is 7.07. The van der Waals surface area contributed by atoms with Crippen LogP contribution in [0, 0.1) is 0 Å². The molecule has 2 heterocycles. The summed E-state index contributed by atoms with van der Waals surface area (Å²) in [5, 5.41) is 0.622. The Morgan fingerprint density at radius 3 is 2.56 bits per heavy atom. The van der Waals surface area contributed by atoms with E-state index in [1.165, 1.54) is 5.56 Å². The molecule has 5 heteroatoms. The first-order chi connectivity index (χ1) is 13.2. The largest absolute Gasteiger partial charge is 0.497 e. The molecule has 0 amide bonds. The molecule has 1 atom stereocenters. The minimum absolute atomic E-state index is 0.0217. The Morgan fingerprint density at radius 1 is 1.11 bits per heavy atom. The van der Waals surface area contributed by atoms with Gasteiger partial charge in [0.15, 0.2) is 0 Å². The van der Waals surface area contributed by atoms with Crippen molar-refractivity contribution in [1.29, 1.82) is 0 Å². The number of aromatic nitrogens is 2. The third-order valence-corrected chi connectivity index (χ3v) is 5.71. The van der Waals surface area contributed by atoms with Gasteiger partial charge in [0.05, 0.1) is 24.3 Å². The summed E-state index contributed by atoms with van der Waals surface area (Å²) in [4.78, 5) is 20.0. The molecule has 1 aromatic heterocycles. The molecule has 140 valence electrons. The molecule has 0 radical (unpaired) electrons. The molecule has 3 aromatic rings. The number of hydrogen-bond donors (Lipinski definition) is 0. The highest BCUT2D eigenvalue weighted by Crippen LogP contribution is 2.28. The summed E-state index contributed by atoms with van der Waals surface area (Å²) in [6.45, 7) is 4.21. The smallest absolute Gasteiger partial charge is 0.261 e. The molecule has 1 saturated heterocycles. The highest BCUT2D eigenvalue weighted by molar-refractivity contribution is 5.78. The van der Waals surface area contributed by atoms with Crippen molar-refractivity contribution in [2.75, 3.05) is 20.2 Å². The molecular weight excluding hydrogens is 338 g/mol. The van der Waals surface area contributed by atoms with Gasteiger partial charge in [0.1, 0.15) is 5.75 Å². The Balaban J connectivity index is 1.53. The number of methoxy groups -OCH3 is 1. The molecule has 1 aliphatic heterocycles. The van der Waals surface area contributed by atoms with E-state index in [2.05, 4.69) is 47.1 Å². The summed E-state index contributed by atoms with van der Waals surface area (Å²) in [5.41, 5.74) is 2.08. The van der Waals surface area contributed by atoms with Crippen LogP contribution in [0.4, 0.5) is 0 Å². The van der Waals surface area contributed by atoms with Gasteiger partial charge in [-0.15, -0.1) is 0 Å². The van der Waals surface area contributed by atoms with Gasteiger partial charge >= 0.3 is 0 Å². The number of rotatable bonds is 4. The monoisotopic (exact) mass is 363 g/mol. The Hall–Kier alpha value is -2.66. The Labute approximate surface area is 159 Å². The molecule has 0 spiro atoms. The Kier molecular flexibility index (Phi) is 4.94. The molecule has 5 nitrogen and oxygen atoms in total. The number of hydrogen-bond acceptors (Lipinski definition) is 4. The minimum atomic E-state index is 0.0217. The van der Waals surface area contributed by atoms with E-state index in [1.807, 2.05) is 16.7 Å². The lowest BCUT2D eigenvalue weighted by Gasteiger charge is -2.36. The van der Waals surface area contributed by atoms with Crippen LogP contribution < -0.4 is 10.3 Å². The minimum Gasteiger partial charge on any atom is -0.497 e. The van der Waals surface area contributed by atoms with Crippen molar-refractivity contribution in [3.05, 3.63) is 70.8 Å². The zero-order valence-corrected chi connectivity index (χ0v) is 15.8. The molecule has 1 aliphatic rings. The van der Waals surface area contributed by atoms with Gasteiger partial charge in [0.25, 0.3) is 5.56 Å². The summed E-state index contributed by atoms with van der Waals surface area (Å²) in [5.74, 6) is 0.686. The summed E-state index contributed by atoms with van der Waals surface area (Å²) in [6.07, 6.45) is 3.61. The lowest BCUT2D eigenvalue weighted by Crippen LogP contribution is -2.38. The summed E-state index contributed by atoms with van der Waals surface area (Å²) in [6, 6.07) is 16.6. The zero-order valence-electron chi connectivity index (χ0n) is 15.8. The fraction of sp³-hybridized carbons (Fsp3) is 0.364. The van der Waals surface area contributed by atoms with Crippen LogP contribution in [0.5, 0.6) is 5.75 Å². The maximum atomic E-state index is 13.0.